The van der Waals surface area contributed by atoms with Crippen LogP contribution in [-0.4, -0.2) is 41.7 Å². The number of fused-ring (bicyclic) bond motifs is 2. The van der Waals surface area contributed by atoms with E-state index in [2.05, 4.69) is 10.3 Å². The molecular formula is C30H20Cl2F3N3O6S2. The first-order valence-corrected chi connectivity index (χ1v) is 15.8. The normalized spacial score (nSPS) is 19.1. The molecule has 3 atom stereocenters. The summed E-state index contributed by atoms with van der Waals surface area (Å²) in [7, 11) is 1.36. The molecule has 1 saturated heterocycles. The Morgan fingerprint density at radius 3 is 2.48 bits per heavy atom. The highest BCUT2D eigenvalue weighted by molar-refractivity contribution is 8.00. The van der Waals surface area contributed by atoms with Gasteiger partial charge < -0.3 is 19.8 Å². The summed E-state index contributed by atoms with van der Waals surface area (Å²) in [6, 6.07) is 13.6. The molecule has 0 unspecified atom stereocenters. The second-order valence-electron chi connectivity index (χ2n) is 10.2. The van der Waals surface area contributed by atoms with E-state index in [9.17, 15) is 32.3 Å². The molecule has 2 aliphatic rings. The van der Waals surface area contributed by atoms with Crippen molar-refractivity contribution in [1.82, 2.24) is 4.98 Å². The molecule has 0 bridgehead atoms. The van der Waals surface area contributed by atoms with Crippen molar-refractivity contribution in [2.45, 2.75) is 22.4 Å². The van der Waals surface area contributed by atoms with Gasteiger partial charge in [-0.2, -0.15) is 13.2 Å². The number of rotatable bonds is 7. The number of methoxy groups -OCH3 is 1. The standard InChI is InChI=1S/C30H20Cl2F3N3O6S2/c1-43-20-10-13(6-9-19(20)44-12-21(39)36-14-7-8-16(31)17(32)11-14)22-23-25(45-26-24(22)46-29(42)37-26)28(41)38(27(23)40)18-5-3-2-4-15(18)30(33,34)35/h2-11,22-23,25H,12H2,1H3,(H,36,39)(H,37,42)/t22-,23-,25+/m0/s1. The van der Waals surface area contributed by atoms with Gasteiger partial charge in [0.1, 0.15) is 5.25 Å². The number of amides is 3. The molecular weight excluding hydrogens is 690 g/mol. The monoisotopic (exact) mass is 709 g/mol. The van der Waals surface area contributed by atoms with Gasteiger partial charge in [0.25, 0.3) is 5.91 Å². The maximum atomic E-state index is 13.9. The molecule has 0 aliphatic carbocycles. The highest BCUT2D eigenvalue weighted by atomic mass is 35.5. The third-order valence-corrected chi connectivity index (χ3v) is 10.5. The molecule has 0 spiro atoms. The maximum Gasteiger partial charge on any atom is 0.418 e. The van der Waals surface area contributed by atoms with Gasteiger partial charge in [-0.3, -0.25) is 19.2 Å². The minimum Gasteiger partial charge on any atom is -0.493 e. The minimum absolute atomic E-state index is 0.175. The number of H-pyrrole nitrogens is 1. The van der Waals surface area contributed by atoms with E-state index in [1.807, 2.05) is 0 Å². The number of aromatic amines is 1. The van der Waals surface area contributed by atoms with E-state index < -0.39 is 63.7 Å². The number of hydrogen-bond donors (Lipinski definition) is 2. The van der Waals surface area contributed by atoms with E-state index >= 15 is 0 Å². The number of para-hydroxylation sites is 1. The fourth-order valence-electron chi connectivity index (χ4n) is 5.43. The molecule has 3 aromatic carbocycles. The maximum absolute atomic E-state index is 13.9. The molecule has 2 N–H and O–H groups in total. The Balaban J connectivity index is 1.31. The average molecular weight is 711 g/mol. The Bertz CT molecular complexity index is 1950. The lowest BCUT2D eigenvalue weighted by molar-refractivity contribution is -0.137. The van der Waals surface area contributed by atoms with Crippen molar-refractivity contribution in [1.29, 1.82) is 0 Å². The zero-order valence-electron chi connectivity index (χ0n) is 23.3. The highest BCUT2D eigenvalue weighted by Crippen LogP contribution is 2.54. The molecule has 16 heteroatoms. The van der Waals surface area contributed by atoms with Crippen LogP contribution in [0, 0.1) is 5.92 Å². The molecule has 1 aromatic heterocycles. The van der Waals surface area contributed by atoms with E-state index in [-0.39, 0.29) is 16.5 Å². The van der Waals surface area contributed by atoms with Gasteiger partial charge >= 0.3 is 11.0 Å². The first-order valence-electron chi connectivity index (χ1n) is 13.4. The number of thioether (sulfide) groups is 1. The second-order valence-corrected chi connectivity index (χ2v) is 13.1. The summed E-state index contributed by atoms with van der Waals surface area (Å²) in [4.78, 5) is 55.8. The largest absolute Gasteiger partial charge is 0.493 e. The van der Waals surface area contributed by atoms with Crippen LogP contribution in [-0.2, 0) is 20.6 Å². The van der Waals surface area contributed by atoms with Crippen LogP contribution in [0.5, 0.6) is 11.5 Å². The van der Waals surface area contributed by atoms with Gasteiger partial charge in [0.2, 0.25) is 11.8 Å². The van der Waals surface area contributed by atoms with Crippen molar-refractivity contribution < 1.29 is 37.0 Å². The van der Waals surface area contributed by atoms with Crippen molar-refractivity contribution >= 4 is 75.4 Å². The van der Waals surface area contributed by atoms with E-state index in [4.69, 9.17) is 32.7 Å². The SMILES string of the molecule is COc1cc([C@@H]2c3sc(=O)[nH]c3S[C@H]3C(=O)N(c4ccccc4C(F)(F)F)C(=O)[C@@H]23)ccc1OCC(=O)Nc1ccc(Cl)c(Cl)c1. The fraction of sp³-hybridized carbons (Fsp3) is 0.200. The Morgan fingerprint density at radius 2 is 1.76 bits per heavy atom. The van der Waals surface area contributed by atoms with Crippen LogP contribution in [0.25, 0.3) is 0 Å². The number of imide groups is 1. The molecule has 46 heavy (non-hydrogen) atoms. The molecule has 4 aromatic rings. The number of alkyl halides is 3. The number of halogens is 5. The van der Waals surface area contributed by atoms with Crippen molar-refractivity contribution in [3.8, 4) is 11.5 Å². The topological polar surface area (TPSA) is 118 Å². The van der Waals surface area contributed by atoms with Crippen LogP contribution in [0.15, 0.2) is 70.5 Å². The Hall–Kier alpha value is -3.98. The lowest BCUT2D eigenvalue weighted by Gasteiger charge is -2.30. The number of anilines is 2. The Morgan fingerprint density at radius 1 is 1.00 bits per heavy atom. The van der Waals surface area contributed by atoms with E-state index in [0.717, 1.165) is 35.2 Å². The second kappa shape index (κ2) is 12.3. The summed E-state index contributed by atoms with van der Waals surface area (Å²) in [5, 5.41) is 2.46. The Kier molecular flexibility index (Phi) is 8.57. The number of hydrogen-bond acceptors (Lipinski definition) is 8. The molecule has 6 rings (SSSR count). The highest BCUT2D eigenvalue weighted by Gasteiger charge is 2.57. The van der Waals surface area contributed by atoms with Crippen LogP contribution in [0.2, 0.25) is 10.0 Å². The molecule has 238 valence electrons. The lowest BCUT2D eigenvalue weighted by atomic mass is 9.83. The average Bonchev–Trinajstić information content (AvgIpc) is 3.51. The fourth-order valence-corrected chi connectivity index (χ4v) is 8.25. The van der Waals surface area contributed by atoms with Crippen LogP contribution in [0.3, 0.4) is 0 Å². The quantitative estimate of drug-likeness (QED) is 0.208. The van der Waals surface area contributed by atoms with Gasteiger partial charge in [0.05, 0.1) is 39.3 Å². The minimum atomic E-state index is -4.82. The number of aromatic nitrogens is 1. The predicted octanol–water partition coefficient (Wildman–Crippen LogP) is 6.58. The molecule has 2 aliphatic heterocycles. The van der Waals surface area contributed by atoms with Gasteiger partial charge in [-0.1, -0.05) is 64.5 Å². The summed E-state index contributed by atoms with van der Waals surface area (Å²) in [5.41, 5.74) is -0.829. The molecule has 3 amide bonds. The van der Waals surface area contributed by atoms with Gasteiger partial charge in [0, 0.05) is 16.5 Å². The van der Waals surface area contributed by atoms with E-state index in [1.54, 1.807) is 18.2 Å². The number of nitrogens with zero attached hydrogens (tertiary/aromatic N) is 1. The summed E-state index contributed by atoms with van der Waals surface area (Å²) < 4.78 is 52.9. The first-order chi connectivity index (χ1) is 21.9. The van der Waals surface area contributed by atoms with Crippen LogP contribution >= 0.6 is 46.3 Å². The zero-order valence-corrected chi connectivity index (χ0v) is 26.5. The number of ether oxygens (including phenoxy) is 2. The van der Waals surface area contributed by atoms with Crippen molar-refractivity contribution in [3.63, 3.8) is 0 Å². The molecule has 9 nitrogen and oxygen atoms in total. The van der Waals surface area contributed by atoms with Crippen LogP contribution in [0.4, 0.5) is 24.5 Å². The van der Waals surface area contributed by atoms with Gasteiger partial charge in [0.15, 0.2) is 18.1 Å². The van der Waals surface area contributed by atoms with Crippen molar-refractivity contribution in [2.24, 2.45) is 5.92 Å². The van der Waals surface area contributed by atoms with Gasteiger partial charge in [-0.25, -0.2) is 4.90 Å². The predicted molar refractivity (Wildman–Crippen MR) is 167 cm³/mol. The summed E-state index contributed by atoms with van der Waals surface area (Å²) >= 11 is 13.7. The molecule has 0 saturated carbocycles. The lowest BCUT2D eigenvalue weighted by Crippen LogP contribution is -2.33. The smallest absolute Gasteiger partial charge is 0.418 e. The number of carbonyl (C=O) groups excluding carboxylic acids is 3. The molecule has 1 fully saturated rings. The number of nitrogens with one attached hydrogen (secondary N) is 2. The zero-order chi connectivity index (χ0) is 32.9. The van der Waals surface area contributed by atoms with E-state index in [0.29, 0.717) is 31.1 Å². The van der Waals surface area contributed by atoms with Crippen LogP contribution < -0.4 is 24.6 Å². The van der Waals surface area contributed by atoms with Crippen molar-refractivity contribution in [2.75, 3.05) is 23.9 Å². The first kappa shape index (κ1) is 32.0. The van der Waals surface area contributed by atoms with Gasteiger partial charge in [-0.05, 0) is 48.0 Å². The Labute approximate surface area is 276 Å². The third-order valence-electron chi connectivity index (χ3n) is 7.38. The number of thiazole rings is 1. The van der Waals surface area contributed by atoms with Gasteiger partial charge in [-0.15, -0.1) is 0 Å². The third kappa shape index (κ3) is 5.85. The van der Waals surface area contributed by atoms with Crippen LogP contribution in [0.1, 0.15) is 21.9 Å². The number of benzene rings is 3. The van der Waals surface area contributed by atoms with E-state index in [1.165, 1.54) is 37.4 Å². The summed E-state index contributed by atoms with van der Waals surface area (Å²) in [6.45, 7) is -0.412. The summed E-state index contributed by atoms with van der Waals surface area (Å²) in [5.74, 6) is -3.82. The molecule has 0 radical (unpaired) electrons. The molecule has 3 heterocycles. The van der Waals surface area contributed by atoms with Crippen molar-refractivity contribution in [3.05, 3.63) is 96.4 Å². The number of carbonyl (C=O) groups is 3. The summed E-state index contributed by atoms with van der Waals surface area (Å²) in [6.07, 6.45) is -4.82.